The van der Waals surface area contributed by atoms with Crippen LogP contribution in [-0.2, 0) is 9.09 Å². The molecule has 0 radical (unpaired) electrons. The summed E-state index contributed by atoms with van der Waals surface area (Å²) in [6.45, 7) is 6.75. The molecular formula is C9H18F5O4PSi2-2. The molecule has 0 saturated carbocycles. The van der Waals surface area contributed by atoms with Crippen LogP contribution in [0.1, 0.15) is 0 Å². The number of phosphoric acid groups is 1. The molecule has 0 fully saturated rings. The summed E-state index contributed by atoms with van der Waals surface area (Å²) in [5.74, 6) is -5.45. The molecule has 0 N–H and O–H groups in total. The van der Waals surface area contributed by atoms with Gasteiger partial charge in [0.15, 0.2) is 0 Å². The van der Waals surface area contributed by atoms with Gasteiger partial charge in [-0.05, 0) is 0 Å². The molecule has 0 aliphatic carbocycles. The highest BCUT2D eigenvalue weighted by atomic mass is 31.2. The number of rotatable bonds is 5. The van der Waals surface area contributed by atoms with Gasteiger partial charge in [0.2, 0.25) is 0 Å². The summed E-state index contributed by atoms with van der Waals surface area (Å²) in [5, 5.41) is 0. The average molecular weight is 372 g/mol. The standard InChI is InChI=1S/C9H20F5O4PSi2/c1-20(2,3)9(21(4,5)6,18-19(15,16)17)7(10,11)8(12,13)14/h1-6H3,(H2,15,16,17)/p-2. The molecule has 12 heteroatoms. The summed E-state index contributed by atoms with van der Waals surface area (Å²) in [4.78, 5) is 18.5. The van der Waals surface area contributed by atoms with Crippen LogP contribution in [0.4, 0.5) is 22.0 Å². The molecule has 0 bridgehead atoms. The van der Waals surface area contributed by atoms with Gasteiger partial charge in [-0.15, -0.1) is 0 Å². The molecule has 0 aromatic rings. The van der Waals surface area contributed by atoms with Gasteiger partial charge in [-0.2, -0.15) is 22.0 Å². The van der Waals surface area contributed by atoms with Crippen molar-refractivity contribution in [3.8, 4) is 0 Å². The molecule has 0 unspecified atom stereocenters. The van der Waals surface area contributed by atoms with Crippen molar-refractivity contribution >= 4 is 24.0 Å². The van der Waals surface area contributed by atoms with E-state index >= 15 is 0 Å². The van der Waals surface area contributed by atoms with Gasteiger partial charge in [0, 0.05) is 0 Å². The summed E-state index contributed by atoms with van der Waals surface area (Å²) in [7, 11) is -13.3. The molecule has 0 aromatic heterocycles. The maximum atomic E-state index is 14.2. The Bertz CT molecular complexity index is 421. The van der Waals surface area contributed by atoms with Crippen LogP contribution in [0.15, 0.2) is 0 Å². The molecule has 0 heterocycles. The molecule has 0 saturated heterocycles. The Balaban J connectivity index is 6.69. The van der Waals surface area contributed by atoms with Crippen LogP contribution in [-0.4, -0.2) is 33.1 Å². The van der Waals surface area contributed by atoms with Crippen molar-refractivity contribution in [2.24, 2.45) is 0 Å². The number of phosphoric ester groups is 1. The van der Waals surface area contributed by atoms with Crippen molar-refractivity contribution < 1.29 is 40.8 Å². The highest BCUT2D eigenvalue weighted by Crippen LogP contribution is 2.57. The van der Waals surface area contributed by atoms with E-state index in [0.29, 0.717) is 0 Å². The number of hydrogen-bond acceptors (Lipinski definition) is 4. The fourth-order valence-corrected chi connectivity index (χ4v) is 17.2. The number of alkyl halides is 5. The zero-order valence-electron chi connectivity index (χ0n) is 12.5. The van der Waals surface area contributed by atoms with Crippen LogP contribution in [0.2, 0.25) is 39.3 Å². The number of halogens is 5. The molecule has 0 aliphatic rings. The predicted molar refractivity (Wildman–Crippen MR) is 69.1 cm³/mol. The van der Waals surface area contributed by atoms with Crippen LogP contribution in [0, 0.1) is 0 Å². The lowest BCUT2D eigenvalue weighted by molar-refractivity contribution is -0.363. The van der Waals surface area contributed by atoms with E-state index in [4.69, 9.17) is 0 Å². The van der Waals surface area contributed by atoms with E-state index in [0.717, 1.165) is 39.3 Å². The Morgan fingerprint density at radius 2 is 1.14 bits per heavy atom. The summed E-state index contributed by atoms with van der Waals surface area (Å²) >= 11 is 0. The smallest absolute Gasteiger partial charge is 0.455 e. The average Bonchev–Trinajstić information content (AvgIpc) is 2.05. The summed E-state index contributed by atoms with van der Waals surface area (Å²) < 4.78 is 82.0. The Hall–Kier alpha value is 0.194. The summed E-state index contributed by atoms with van der Waals surface area (Å²) in [5.41, 5.74) is 0. The van der Waals surface area contributed by atoms with Gasteiger partial charge < -0.3 is 18.9 Å². The van der Waals surface area contributed by atoms with Gasteiger partial charge in [-0.3, -0.25) is 0 Å². The second kappa shape index (κ2) is 5.38. The molecule has 0 spiro atoms. The Kier molecular flexibility index (Phi) is 5.43. The van der Waals surface area contributed by atoms with E-state index in [1.54, 1.807) is 0 Å². The van der Waals surface area contributed by atoms with Crippen LogP contribution >= 0.6 is 7.82 Å². The third-order valence-electron chi connectivity index (χ3n) is 3.16. The van der Waals surface area contributed by atoms with Crippen molar-refractivity contribution in [2.45, 2.75) is 56.2 Å². The minimum Gasteiger partial charge on any atom is -0.790 e. The van der Waals surface area contributed by atoms with E-state index < -0.39 is 40.9 Å². The first-order valence-corrected chi connectivity index (χ1v) is 14.3. The Labute approximate surface area is 122 Å². The first-order valence-electron chi connectivity index (χ1n) is 5.88. The van der Waals surface area contributed by atoms with Gasteiger partial charge in [0.25, 0.3) is 0 Å². The van der Waals surface area contributed by atoms with Gasteiger partial charge in [0.05, 0.1) is 24.0 Å². The quantitative estimate of drug-likeness (QED) is 0.422. The third-order valence-corrected chi connectivity index (χ3v) is 13.6. The molecule has 4 nitrogen and oxygen atoms in total. The van der Waals surface area contributed by atoms with Crippen molar-refractivity contribution in [3.63, 3.8) is 0 Å². The molecule has 0 rings (SSSR count). The summed E-state index contributed by atoms with van der Waals surface area (Å²) in [6.07, 6.45) is -6.03. The van der Waals surface area contributed by atoms with Gasteiger partial charge in [0.1, 0.15) is 4.85 Å². The van der Waals surface area contributed by atoms with E-state index in [-0.39, 0.29) is 0 Å². The minimum atomic E-state index is -6.06. The zero-order chi connectivity index (χ0) is 17.7. The third kappa shape index (κ3) is 3.75. The first-order chi connectivity index (χ1) is 8.71. The monoisotopic (exact) mass is 372 g/mol. The SMILES string of the molecule is C[Si](C)(C)C(OP(=O)([O-])[O-])(C(F)(F)C(F)(F)F)[Si](C)(C)C. The summed E-state index contributed by atoms with van der Waals surface area (Å²) in [6, 6.07) is 0. The Morgan fingerprint density at radius 3 is 1.29 bits per heavy atom. The van der Waals surface area contributed by atoms with E-state index in [2.05, 4.69) is 4.52 Å². The van der Waals surface area contributed by atoms with Crippen molar-refractivity contribution in [3.05, 3.63) is 0 Å². The highest BCUT2D eigenvalue weighted by Gasteiger charge is 2.78. The largest absolute Gasteiger partial charge is 0.790 e. The van der Waals surface area contributed by atoms with Gasteiger partial charge >= 0.3 is 12.1 Å². The van der Waals surface area contributed by atoms with E-state index in [9.17, 15) is 36.3 Å². The number of hydrogen-bond donors (Lipinski definition) is 0. The Morgan fingerprint density at radius 1 is 0.857 bits per heavy atom. The van der Waals surface area contributed by atoms with Crippen LogP contribution in [0.25, 0.3) is 0 Å². The molecule has 0 atom stereocenters. The lowest BCUT2D eigenvalue weighted by atomic mass is 10.3. The molecule has 128 valence electrons. The second-order valence-corrected chi connectivity index (χ2v) is 18.8. The van der Waals surface area contributed by atoms with Crippen LogP contribution < -0.4 is 9.79 Å². The lowest BCUT2D eigenvalue weighted by Crippen LogP contribution is -2.79. The fourth-order valence-electron chi connectivity index (χ4n) is 2.77. The molecule has 0 aliphatic heterocycles. The molecule has 21 heavy (non-hydrogen) atoms. The van der Waals surface area contributed by atoms with Crippen molar-refractivity contribution in [1.29, 1.82) is 0 Å². The fraction of sp³-hybridized carbons (Fsp3) is 1.00. The van der Waals surface area contributed by atoms with Crippen molar-refractivity contribution in [1.82, 2.24) is 0 Å². The van der Waals surface area contributed by atoms with Gasteiger partial charge in [-0.1, -0.05) is 39.3 Å². The zero-order valence-corrected chi connectivity index (χ0v) is 15.4. The minimum absolute atomic E-state index is 1.13. The molecular weight excluding hydrogens is 354 g/mol. The maximum absolute atomic E-state index is 14.2. The first kappa shape index (κ1) is 21.2. The van der Waals surface area contributed by atoms with Crippen LogP contribution in [0.3, 0.4) is 0 Å². The van der Waals surface area contributed by atoms with E-state index in [1.807, 2.05) is 0 Å². The van der Waals surface area contributed by atoms with Gasteiger partial charge in [-0.25, -0.2) is 0 Å². The predicted octanol–water partition coefficient (Wildman–Crippen LogP) is 2.52. The highest BCUT2D eigenvalue weighted by molar-refractivity contribution is 7.43. The second-order valence-electron chi connectivity index (χ2n) is 6.79. The lowest BCUT2D eigenvalue weighted by Gasteiger charge is -2.57. The normalized spacial score (nSPS) is 16.2. The topological polar surface area (TPSA) is 72.4 Å². The molecule has 0 aromatic carbocycles. The van der Waals surface area contributed by atoms with E-state index in [1.165, 1.54) is 0 Å². The molecule has 0 amide bonds. The van der Waals surface area contributed by atoms with Crippen molar-refractivity contribution in [2.75, 3.05) is 0 Å². The maximum Gasteiger partial charge on any atom is 0.455 e. The van der Waals surface area contributed by atoms with Crippen LogP contribution in [0.5, 0.6) is 0 Å².